The molecule has 0 bridgehead atoms. The fourth-order valence-electron chi connectivity index (χ4n) is 4.52. The molecular weight excluding hydrogens is 503 g/mol. The molecule has 198 valence electrons. The van der Waals surface area contributed by atoms with Gasteiger partial charge in [-0.2, -0.15) is 5.10 Å². The number of carboxylic acid groups (broad SMARTS) is 1. The maximum Gasteiger partial charge on any atom is 0.407 e. The van der Waals surface area contributed by atoms with Crippen molar-refractivity contribution in [2.24, 2.45) is 0 Å². The number of likely N-dealkylation sites (tertiary alicyclic amines) is 1. The first-order valence-corrected chi connectivity index (χ1v) is 11.9. The van der Waals surface area contributed by atoms with Gasteiger partial charge >= 0.3 is 6.09 Å². The van der Waals surface area contributed by atoms with Crippen LogP contribution in [0, 0.1) is 0 Å². The van der Waals surface area contributed by atoms with Gasteiger partial charge in [0.25, 0.3) is 6.43 Å². The molecule has 12 heteroatoms. The zero-order valence-electron chi connectivity index (χ0n) is 20.3. The van der Waals surface area contributed by atoms with Crippen molar-refractivity contribution < 1.29 is 32.5 Å². The van der Waals surface area contributed by atoms with E-state index in [9.17, 15) is 18.0 Å². The lowest BCUT2D eigenvalue weighted by molar-refractivity contribution is 0.0237. The summed E-state index contributed by atoms with van der Waals surface area (Å²) < 4.78 is 53.8. The molecule has 0 spiro atoms. The molecule has 38 heavy (non-hydrogen) atoms. The molecule has 0 aliphatic carbocycles. The lowest BCUT2D eigenvalue weighted by Gasteiger charge is -2.33. The van der Waals surface area contributed by atoms with Crippen LogP contribution < -0.4 is 9.47 Å². The van der Waals surface area contributed by atoms with E-state index in [1.165, 1.54) is 24.3 Å². The number of rotatable bonds is 7. The number of halogens is 3. The van der Waals surface area contributed by atoms with Crippen LogP contribution in [0.4, 0.5) is 18.0 Å². The second kappa shape index (κ2) is 10.6. The van der Waals surface area contributed by atoms with Crippen LogP contribution in [0.3, 0.4) is 0 Å². The number of fused-ring (bicyclic) bond motifs is 1. The predicted octanol–water partition coefficient (Wildman–Crippen LogP) is 4.90. The summed E-state index contributed by atoms with van der Waals surface area (Å²) in [6.07, 6.45) is -3.18. The second-order valence-corrected chi connectivity index (χ2v) is 8.80. The topological polar surface area (TPSA) is 103 Å². The summed E-state index contributed by atoms with van der Waals surface area (Å²) >= 11 is 0. The van der Waals surface area contributed by atoms with Crippen LogP contribution in [-0.4, -0.2) is 74.7 Å². The van der Waals surface area contributed by atoms with Crippen LogP contribution in [0.25, 0.3) is 33.4 Å². The predicted molar refractivity (Wildman–Crippen MR) is 132 cm³/mol. The minimum atomic E-state index is -2.60. The molecule has 1 saturated heterocycles. The minimum absolute atomic E-state index is 0.133. The number of alkyl halides is 3. The van der Waals surface area contributed by atoms with Gasteiger partial charge in [-0.3, -0.25) is 4.68 Å². The van der Waals surface area contributed by atoms with Gasteiger partial charge in [0.1, 0.15) is 24.7 Å². The van der Waals surface area contributed by atoms with Gasteiger partial charge in [-0.15, -0.1) is 0 Å². The van der Waals surface area contributed by atoms with Gasteiger partial charge in [-0.25, -0.2) is 27.9 Å². The molecule has 1 amide bonds. The molecule has 4 aromatic rings. The standard InChI is InChI=1S/C26H24F3N5O4/c1-37-21-10-19-16(9-22(21)38-20-7-8-33(26(35)36)12-18(20)27)25(31-14-30-19)17-11-34(13-23(28)29)32-24(17)15-5-3-2-4-6-15/h2-6,9-11,14,18,20,23H,7-8,12-13H2,1H3,(H,35,36)/t18-,20-/m1/s1. The number of carbonyl (C=O) groups is 1. The first-order valence-electron chi connectivity index (χ1n) is 11.9. The summed E-state index contributed by atoms with van der Waals surface area (Å²) in [7, 11) is 1.44. The number of ether oxygens (including phenoxy) is 2. The molecule has 0 saturated carbocycles. The monoisotopic (exact) mass is 527 g/mol. The van der Waals surface area contributed by atoms with Gasteiger partial charge in [-0.1, -0.05) is 30.3 Å². The molecule has 0 unspecified atom stereocenters. The molecule has 1 fully saturated rings. The van der Waals surface area contributed by atoms with E-state index in [-0.39, 0.29) is 25.3 Å². The average Bonchev–Trinajstić information content (AvgIpc) is 3.32. The third-order valence-corrected chi connectivity index (χ3v) is 6.34. The molecule has 5 rings (SSSR count). The van der Waals surface area contributed by atoms with E-state index in [2.05, 4.69) is 15.1 Å². The highest BCUT2D eigenvalue weighted by Crippen LogP contribution is 2.39. The Morgan fingerprint density at radius 3 is 2.63 bits per heavy atom. The first kappa shape index (κ1) is 25.3. The quantitative estimate of drug-likeness (QED) is 0.365. The Bertz CT molecular complexity index is 1450. The Morgan fingerprint density at radius 1 is 1.16 bits per heavy atom. The highest BCUT2D eigenvalue weighted by molar-refractivity contribution is 5.97. The summed E-state index contributed by atoms with van der Waals surface area (Å²) in [6, 6.07) is 12.4. The van der Waals surface area contributed by atoms with E-state index in [0.29, 0.717) is 33.6 Å². The van der Waals surface area contributed by atoms with Crippen molar-refractivity contribution in [1.82, 2.24) is 24.6 Å². The zero-order valence-corrected chi connectivity index (χ0v) is 20.3. The highest BCUT2D eigenvalue weighted by Gasteiger charge is 2.33. The summed E-state index contributed by atoms with van der Waals surface area (Å²) in [5.41, 5.74) is 2.63. The SMILES string of the molecule is COc1cc2ncnc(-c3cn(CC(F)F)nc3-c3ccccc3)c2cc1O[C@@H]1CCN(C(=O)O)C[C@H]1F. The molecule has 1 aliphatic heterocycles. The number of hydrogen-bond donors (Lipinski definition) is 1. The Labute approximate surface area is 215 Å². The van der Waals surface area contributed by atoms with E-state index in [1.54, 1.807) is 12.1 Å². The van der Waals surface area contributed by atoms with Gasteiger partial charge in [0, 0.05) is 41.7 Å². The molecule has 2 atom stereocenters. The Morgan fingerprint density at radius 2 is 1.95 bits per heavy atom. The van der Waals surface area contributed by atoms with Crippen LogP contribution in [0.5, 0.6) is 11.5 Å². The van der Waals surface area contributed by atoms with Gasteiger partial charge in [0.05, 0.1) is 24.9 Å². The van der Waals surface area contributed by atoms with E-state index in [1.807, 2.05) is 30.3 Å². The van der Waals surface area contributed by atoms with Crippen LogP contribution in [0.15, 0.2) is 55.0 Å². The maximum absolute atomic E-state index is 14.8. The first-order chi connectivity index (χ1) is 18.3. The highest BCUT2D eigenvalue weighted by atomic mass is 19.3. The third-order valence-electron chi connectivity index (χ3n) is 6.34. The minimum Gasteiger partial charge on any atom is -0.493 e. The van der Waals surface area contributed by atoms with Crippen LogP contribution in [-0.2, 0) is 6.54 Å². The molecular formula is C26H24F3N5O4. The Balaban J connectivity index is 1.58. The number of nitrogens with zero attached hydrogens (tertiary/aromatic N) is 5. The van der Waals surface area contributed by atoms with Gasteiger partial charge in [-0.05, 0) is 6.07 Å². The fourth-order valence-corrected chi connectivity index (χ4v) is 4.52. The number of piperidine rings is 1. The van der Waals surface area contributed by atoms with Crippen molar-refractivity contribution in [3.63, 3.8) is 0 Å². The number of methoxy groups -OCH3 is 1. The van der Waals surface area contributed by atoms with Crippen LogP contribution >= 0.6 is 0 Å². The fraction of sp³-hybridized carbons (Fsp3) is 0.308. The molecule has 2 aromatic heterocycles. The Kier molecular flexibility index (Phi) is 7.03. The van der Waals surface area contributed by atoms with Crippen molar-refractivity contribution in [3.8, 4) is 34.0 Å². The largest absolute Gasteiger partial charge is 0.493 e. The third kappa shape index (κ3) is 5.06. The summed E-state index contributed by atoms with van der Waals surface area (Å²) in [6.45, 7) is -0.750. The zero-order chi connectivity index (χ0) is 26.8. The van der Waals surface area contributed by atoms with Crippen molar-refractivity contribution >= 4 is 17.0 Å². The van der Waals surface area contributed by atoms with Gasteiger partial charge < -0.3 is 19.5 Å². The number of hydrogen-bond acceptors (Lipinski definition) is 6. The normalized spacial score (nSPS) is 17.7. The smallest absolute Gasteiger partial charge is 0.407 e. The number of amides is 1. The summed E-state index contributed by atoms with van der Waals surface area (Å²) in [4.78, 5) is 21.0. The molecule has 2 aromatic carbocycles. The Hall–Kier alpha value is -4.35. The van der Waals surface area contributed by atoms with E-state index < -0.39 is 31.3 Å². The van der Waals surface area contributed by atoms with Gasteiger partial charge in [0.15, 0.2) is 17.7 Å². The molecule has 9 nitrogen and oxygen atoms in total. The molecule has 3 heterocycles. The van der Waals surface area contributed by atoms with Crippen LogP contribution in [0.1, 0.15) is 6.42 Å². The average molecular weight is 528 g/mol. The van der Waals surface area contributed by atoms with Crippen molar-refractivity contribution in [2.45, 2.75) is 31.7 Å². The maximum atomic E-state index is 14.8. The molecule has 0 radical (unpaired) electrons. The van der Waals surface area contributed by atoms with E-state index in [0.717, 1.165) is 10.5 Å². The van der Waals surface area contributed by atoms with Crippen molar-refractivity contribution in [3.05, 3.63) is 55.0 Å². The summed E-state index contributed by atoms with van der Waals surface area (Å²) in [5.74, 6) is 0.542. The van der Waals surface area contributed by atoms with Gasteiger partial charge in [0.2, 0.25) is 0 Å². The lowest BCUT2D eigenvalue weighted by atomic mass is 10.0. The summed E-state index contributed by atoms with van der Waals surface area (Å²) in [5, 5.41) is 14.1. The second-order valence-electron chi connectivity index (χ2n) is 8.80. The number of benzene rings is 2. The van der Waals surface area contributed by atoms with Crippen molar-refractivity contribution in [2.75, 3.05) is 20.2 Å². The molecule has 1 N–H and O–H groups in total. The number of aromatic nitrogens is 4. The van der Waals surface area contributed by atoms with Crippen molar-refractivity contribution in [1.29, 1.82) is 0 Å². The lowest BCUT2D eigenvalue weighted by Crippen LogP contribution is -2.48. The van der Waals surface area contributed by atoms with E-state index in [4.69, 9.17) is 14.6 Å². The van der Waals surface area contributed by atoms with Crippen LogP contribution in [0.2, 0.25) is 0 Å². The molecule has 1 aliphatic rings. The van der Waals surface area contributed by atoms with E-state index >= 15 is 0 Å².